The van der Waals surface area contributed by atoms with Crippen LogP contribution >= 0.6 is 0 Å². The summed E-state index contributed by atoms with van der Waals surface area (Å²) in [6.07, 6.45) is 0.247. The molecular weight excluding hydrogens is 278 g/mol. The lowest BCUT2D eigenvalue weighted by Gasteiger charge is -2.31. The summed E-state index contributed by atoms with van der Waals surface area (Å²) in [5, 5.41) is 5.93. The van der Waals surface area contributed by atoms with E-state index in [9.17, 15) is 13.2 Å². The fraction of sp³-hybridized carbons (Fsp3) is 0.462. The molecule has 6 nitrogen and oxygen atoms in total. The van der Waals surface area contributed by atoms with E-state index in [0.717, 1.165) is 5.56 Å². The lowest BCUT2D eigenvalue weighted by molar-refractivity contribution is -0.115. The highest BCUT2D eigenvalue weighted by atomic mass is 32.2. The summed E-state index contributed by atoms with van der Waals surface area (Å²) in [6.45, 7) is 3.57. The van der Waals surface area contributed by atoms with Gasteiger partial charge in [0.25, 0.3) is 0 Å². The molecule has 0 bridgehead atoms. The Morgan fingerprint density at radius 2 is 2.15 bits per heavy atom. The molecule has 108 valence electrons. The van der Waals surface area contributed by atoms with Crippen LogP contribution in [0.2, 0.25) is 0 Å². The van der Waals surface area contributed by atoms with Gasteiger partial charge < -0.3 is 10.6 Å². The summed E-state index contributed by atoms with van der Waals surface area (Å²) in [5.41, 5.74) is 1.46. The number of benzene rings is 1. The summed E-state index contributed by atoms with van der Waals surface area (Å²) >= 11 is 0. The highest BCUT2D eigenvalue weighted by molar-refractivity contribution is 7.89. The zero-order valence-corrected chi connectivity index (χ0v) is 12.0. The number of anilines is 1. The number of sulfonamides is 1. The van der Waals surface area contributed by atoms with Gasteiger partial charge in [-0.15, -0.1) is 0 Å². The average molecular weight is 295 g/mol. The smallest absolute Gasteiger partial charge is 0.243 e. The minimum atomic E-state index is -3.48. The number of hydrogen-bond donors (Lipinski definition) is 2. The SMILES string of the molecule is C[C@@H]1CN(S(=O)(=O)c2ccc3c(c2)CC(=O)N3)CCN1. The monoisotopic (exact) mass is 295 g/mol. The molecule has 1 fully saturated rings. The van der Waals surface area contributed by atoms with E-state index in [-0.39, 0.29) is 23.3 Å². The van der Waals surface area contributed by atoms with Gasteiger partial charge in [0.15, 0.2) is 0 Å². The van der Waals surface area contributed by atoms with Gasteiger partial charge >= 0.3 is 0 Å². The quantitative estimate of drug-likeness (QED) is 0.815. The number of rotatable bonds is 2. The molecule has 2 aliphatic heterocycles. The van der Waals surface area contributed by atoms with Crippen molar-refractivity contribution < 1.29 is 13.2 Å². The van der Waals surface area contributed by atoms with Crippen molar-refractivity contribution in [1.29, 1.82) is 0 Å². The second-order valence-electron chi connectivity index (χ2n) is 5.26. The highest BCUT2D eigenvalue weighted by Gasteiger charge is 2.29. The zero-order chi connectivity index (χ0) is 14.3. The molecule has 0 saturated carbocycles. The maximum atomic E-state index is 12.6. The van der Waals surface area contributed by atoms with Crippen LogP contribution in [0.1, 0.15) is 12.5 Å². The van der Waals surface area contributed by atoms with Gasteiger partial charge in [0.2, 0.25) is 15.9 Å². The normalized spacial score (nSPS) is 23.4. The molecule has 0 unspecified atom stereocenters. The number of amides is 1. The van der Waals surface area contributed by atoms with E-state index in [1.807, 2.05) is 6.92 Å². The third-order valence-electron chi connectivity index (χ3n) is 3.67. The molecule has 0 radical (unpaired) electrons. The summed E-state index contributed by atoms with van der Waals surface area (Å²) in [7, 11) is -3.48. The number of fused-ring (bicyclic) bond motifs is 1. The van der Waals surface area contributed by atoms with Crippen LogP contribution in [-0.4, -0.2) is 44.3 Å². The van der Waals surface area contributed by atoms with Crippen LogP contribution in [0.4, 0.5) is 5.69 Å². The summed E-state index contributed by atoms with van der Waals surface area (Å²) < 4.78 is 26.7. The zero-order valence-electron chi connectivity index (χ0n) is 11.2. The molecule has 2 heterocycles. The summed E-state index contributed by atoms with van der Waals surface area (Å²) in [4.78, 5) is 11.6. The first-order chi connectivity index (χ1) is 9.46. The lowest BCUT2D eigenvalue weighted by atomic mass is 10.2. The van der Waals surface area contributed by atoms with E-state index >= 15 is 0 Å². The van der Waals surface area contributed by atoms with Crippen LogP contribution in [0.25, 0.3) is 0 Å². The highest BCUT2D eigenvalue weighted by Crippen LogP contribution is 2.27. The van der Waals surface area contributed by atoms with Crippen LogP contribution < -0.4 is 10.6 Å². The van der Waals surface area contributed by atoms with Crippen LogP contribution in [-0.2, 0) is 21.2 Å². The van der Waals surface area contributed by atoms with Crippen LogP contribution in [0, 0.1) is 0 Å². The fourth-order valence-corrected chi connectivity index (χ4v) is 4.21. The van der Waals surface area contributed by atoms with Gasteiger partial charge in [0.1, 0.15) is 0 Å². The Labute approximate surface area is 118 Å². The Bertz CT molecular complexity index is 657. The van der Waals surface area contributed by atoms with E-state index in [0.29, 0.717) is 25.3 Å². The van der Waals surface area contributed by atoms with Gasteiger partial charge in [-0.05, 0) is 30.7 Å². The molecule has 1 saturated heterocycles. The van der Waals surface area contributed by atoms with E-state index < -0.39 is 10.0 Å². The molecule has 2 N–H and O–H groups in total. The predicted molar refractivity (Wildman–Crippen MR) is 75.0 cm³/mol. The Kier molecular flexibility index (Phi) is 3.27. The Hall–Kier alpha value is -1.44. The standard InChI is InChI=1S/C13H17N3O3S/c1-9-8-16(5-4-14-9)20(18,19)11-2-3-12-10(6-11)7-13(17)15-12/h2-3,6,9,14H,4-5,7-8H2,1H3,(H,15,17)/t9-/m1/s1. The Balaban J connectivity index is 1.92. The van der Waals surface area contributed by atoms with Crippen molar-refractivity contribution in [2.24, 2.45) is 0 Å². The predicted octanol–water partition coefficient (Wildman–Crippen LogP) is 0.164. The summed E-state index contributed by atoms with van der Waals surface area (Å²) in [6, 6.07) is 4.98. The van der Waals surface area contributed by atoms with Gasteiger partial charge in [-0.2, -0.15) is 4.31 Å². The third-order valence-corrected chi connectivity index (χ3v) is 5.53. The largest absolute Gasteiger partial charge is 0.326 e. The molecule has 0 aliphatic carbocycles. The number of carbonyl (C=O) groups is 1. The fourth-order valence-electron chi connectivity index (χ4n) is 2.63. The van der Waals surface area contributed by atoms with Crippen molar-refractivity contribution in [2.45, 2.75) is 24.3 Å². The minimum absolute atomic E-state index is 0.0923. The van der Waals surface area contributed by atoms with Crippen LogP contribution in [0.5, 0.6) is 0 Å². The van der Waals surface area contributed by atoms with Crippen molar-refractivity contribution in [2.75, 3.05) is 25.0 Å². The van der Waals surface area contributed by atoms with E-state index in [4.69, 9.17) is 0 Å². The molecule has 1 aromatic rings. The number of nitrogens with zero attached hydrogens (tertiary/aromatic N) is 1. The first-order valence-electron chi connectivity index (χ1n) is 6.63. The van der Waals surface area contributed by atoms with Crippen molar-refractivity contribution >= 4 is 21.6 Å². The van der Waals surface area contributed by atoms with Crippen molar-refractivity contribution in [3.05, 3.63) is 23.8 Å². The molecule has 7 heteroatoms. The van der Waals surface area contributed by atoms with Crippen LogP contribution in [0.15, 0.2) is 23.1 Å². The molecule has 1 aromatic carbocycles. The number of carbonyl (C=O) groups excluding carboxylic acids is 1. The van der Waals surface area contributed by atoms with Crippen molar-refractivity contribution in [3.8, 4) is 0 Å². The first-order valence-corrected chi connectivity index (χ1v) is 8.07. The maximum Gasteiger partial charge on any atom is 0.243 e. The number of hydrogen-bond acceptors (Lipinski definition) is 4. The lowest BCUT2D eigenvalue weighted by Crippen LogP contribution is -2.51. The molecular formula is C13H17N3O3S. The van der Waals surface area contributed by atoms with Gasteiger partial charge in [-0.1, -0.05) is 0 Å². The molecule has 0 aromatic heterocycles. The van der Waals surface area contributed by atoms with Crippen molar-refractivity contribution in [1.82, 2.24) is 9.62 Å². The van der Waals surface area contributed by atoms with E-state index in [1.165, 1.54) is 4.31 Å². The Morgan fingerprint density at radius 1 is 1.35 bits per heavy atom. The maximum absolute atomic E-state index is 12.6. The first kappa shape index (κ1) is 13.5. The number of piperazine rings is 1. The Morgan fingerprint density at radius 3 is 2.90 bits per heavy atom. The van der Waals surface area contributed by atoms with Gasteiger partial charge in [0, 0.05) is 31.4 Å². The van der Waals surface area contributed by atoms with E-state index in [1.54, 1.807) is 18.2 Å². The summed E-state index contributed by atoms with van der Waals surface area (Å²) in [5.74, 6) is -0.0923. The van der Waals surface area contributed by atoms with Crippen molar-refractivity contribution in [3.63, 3.8) is 0 Å². The molecule has 2 aliphatic rings. The molecule has 3 rings (SSSR count). The van der Waals surface area contributed by atoms with Crippen LogP contribution in [0.3, 0.4) is 0 Å². The molecule has 1 amide bonds. The van der Waals surface area contributed by atoms with Gasteiger partial charge in [0.05, 0.1) is 11.3 Å². The third kappa shape index (κ3) is 2.32. The molecule has 0 spiro atoms. The van der Waals surface area contributed by atoms with E-state index in [2.05, 4.69) is 10.6 Å². The van der Waals surface area contributed by atoms with Gasteiger partial charge in [-0.25, -0.2) is 8.42 Å². The minimum Gasteiger partial charge on any atom is -0.326 e. The second-order valence-corrected chi connectivity index (χ2v) is 7.20. The number of nitrogens with one attached hydrogen (secondary N) is 2. The van der Waals surface area contributed by atoms with Gasteiger partial charge in [-0.3, -0.25) is 4.79 Å². The molecule has 1 atom stereocenters. The topological polar surface area (TPSA) is 78.5 Å². The molecule has 20 heavy (non-hydrogen) atoms. The second kappa shape index (κ2) is 4.83. The average Bonchev–Trinajstić information content (AvgIpc) is 2.77.